The molecule has 0 aliphatic heterocycles. The number of rotatable bonds is 9. The van der Waals surface area contributed by atoms with Gasteiger partial charge in [-0.2, -0.15) is 0 Å². The molecule has 1 N–H and O–H groups in total. The van der Waals surface area contributed by atoms with Gasteiger partial charge in [-0.15, -0.1) is 0 Å². The molecule has 0 fully saturated rings. The first-order valence-electron chi connectivity index (χ1n) is 9.77. The Balaban J connectivity index is 1.76. The molecule has 1 amide bonds. The molecule has 7 nitrogen and oxygen atoms in total. The average Bonchev–Trinajstić information content (AvgIpc) is 3.21. The summed E-state index contributed by atoms with van der Waals surface area (Å²) in [6.45, 7) is 0. The summed E-state index contributed by atoms with van der Waals surface area (Å²) in [5.74, 6) is 1.74. The number of nitrogens with one attached hydrogen (secondary N) is 1. The molecule has 1 heterocycles. The molecule has 0 spiro atoms. The molecule has 0 bridgehead atoms. The minimum absolute atomic E-state index is 0.161. The summed E-state index contributed by atoms with van der Waals surface area (Å²) in [6, 6.07) is 9.19. The van der Waals surface area contributed by atoms with E-state index in [4.69, 9.17) is 14.2 Å². The zero-order chi connectivity index (χ0) is 22.4. The molecule has 3 aromatic rings. The molecule has 2 aromatic carbocycles. The van der Waals surface area contributed by atoms with Crippen LogP contribution in [0.4, 0.5) is 4.39 Å². The van der Waals surface area contributed by atoms with E-state index in [1.54, 1.807) is 45.9 Å². The van der Waals surface area contributed by atoms with E-state index in [-0.39, 0.29) is 18.1 Å². The first kappa shape index (κ1) is 22.1. The molecule has 0 saturated carbocycles. The molecule has 3 rings (SSSR count). The predicted molar refractivity (Wildman–Crippen MR) is 114 cm³/mol. The Morgan fingerprint density at radius 2 is 1.74 bits per heavy atom. The van der Waals surface area contributed by atoms with Crippen molar-refractivity contribution in [1.29, 1.82) is 0 Å². The van der Waals surface area contributed by atoms with Crippen molar-refractivity contribution in [2.24, 2.45) is 7.05 Å². The van der Waals surface area contributed by atoms with E-state index in [1.807, 2.05) is 23.7 Å². The second-order valence-electron chi connectivity index (χ2n) is 6.98. The largest absolute Gasteiger partial charge is 0.493 e. The van der Waals surface area contributed by atoms with Crippen LogP contribution in [0.1, 0.15) is 29.4 Å². The topological polar surface area (TPSA) is 74.6 Å². The summed E-state index contributed by atoms with van der Waals surface area (Å²) in [4.78, 5) is 17.2. The summed E-state index contributed by atoms with van der Waals surface area (Å²) in [7, 11) is 6.49. The first-order chi connectivity index (χ1) is 15.0. The van der Waals surface area contributed by atoms with E-state index < -0.39 is 6.04 Å². The fraction of sp³-hybridized carbons (Fsp3) is 0.304. The van der Waals surface area contributed by atoms with Gasteiger partial charge in [-0.05, 0) is 41.8 Å². The normalized spacial score (nSPS) is 11.6. The molecular weight excluding hydrogens is 401 g/mol. The minimum atomic E-state index is -0.493. The molecule has 0 radical (unpaired) electrons. The lowest BCUT2D eigenvalue weighted by atomic mass is 10.0. The van der Waals surface area contributed by atoms with Crippen LogP contribution in [0.25, 0.3) is 0 Å². The number of benzene rings is 2. The number of carbonyl (C=O) groups is 1. The maximum atomic E-state index is 13.4. The molecule has 0 aliphatic carbocycles. The third-order valence-electron chi connectivity index (χ3n) is 4.99. The molecule has 1 aromatic heterocycles. The lowest BCUT2D eigenvalue weighted by Gasteiger charge is -2.19. The highest BCUT2D eigenvalue weighted by Gasteiger charge is 2.21. The first-order valence-corrected chi connectivity index (χ1v) is 9.77. The Kier molecular flexibility index (Phi) is 7.12. The SMILES string of the molecule is COc1cc(CCC(=O)NC(c2ccc(F)cc2)c2nccn2C)cc(OC)c1OC. The van der Waals surface area contributed by atoms with E-state index in [0.717, 1.165) is 11.1 Å². The Morgan fingerprint density at radius 3 is 2.26 bits per heavy atom. The molecule has 0 saturated heterocycles. The second kappa shape index (κ2) is 9.97. The number of ether oxygens (including phenoxy) is 3. The number of aryl methyl sites for hydroxylation is 2. The highest BCUT2D eigenvalue weighted by molar-refractivity contribution is 5.77. The number of carbonyl (C=O) groups excluding carboxylic acids is 1. The van der Waals surface area contributed by atoms with Crippen molar-refractivity contribution in [1.82, 2.24) is 14.9 Å². The fourth-order valence-corrected chi connectivity index (χ4v) is 3.38. The Morgan fingerprint density at radius 1 is 1.10 bits per heavy atom. The Hall–Kier alpha value is -3.55. The molecule has 31 heavy (non-hydrogen) atoms. The van der Waals surface area contributed by atoms with Gasteiger partial charge >= 0.3 is 0 Å². The lowest BCUT2D eigenvalue weighted by Crippen LogP contribution is -2.31. The zero-order valence-electron chi connectivity index (χ0n) is 18.0. The Bertz CT molecular complexity index is 1010. The van der Waals surface area contributed by atoms with Gasteiger partial charge in [-0.25, -0.2) is 9.37 Å². The molecule has 8 heteroatoms. The molecule has 164 valence electrons. The van der Waals surface area contributed by atoms with Crippen LogP contribution in [0.5, 0.6) is 17.2 Å². The van der Waals surface area contributed by atoms with E-state index in [1.165, 1.54) is 12.1 Å². The third-order valence-corrected chi connectivity index (χ3v) is 4.99. The number of hydrogen-bond donors (Lipinski definition) is 1. The van der Waals surface area contributed by atoms with Gasteiger partial charge in [0.2, 0.25) is 11.7 Å². The molecular formula is C23H26FN3O4. The van der Waals surface area contributed by atoms with Crippen molar-refractivity contribution < 1.29 is 23.4 Å². The van der Waals surface area contributed by atoms with Crippen molar-refractivity contribution in [3.05, 3.63) is 71.6 Å². The number of halogens is 1. The van der Waals surface area contributed by atoms with Crippen LogP contribution in [0.2, 0.25) is 0 Å². The Labute approximate surface area is 180 Å². The number of imidazole rings is 1. The van der Waals surface area contributed by atoms with E-state index >= 15 is 0 Å². The van der Waals surface area contributed by atoms with Gasteiger partial charge in [-0.1, -0.05) is 12.1 Å². The molecule has 1 atom stereocenters. The van der Waals surface area contributed by atoms with Gasteiger partial charge in [0, 0.05) is 25.9 Å². The summed E-state index contributed by atoms with van der Waals surface area (Å²) in [6.07, 6.45) is 4.17. The van der Waals surface area contributed by atoms with Crippen molar-refractivity contribution in [2.45, 2.75) is 18.9 Å². The highest BCUT2D eigenvalue weighted by atomic mass is 19.1. The maximum Gasteiger partial charge on any atom is 0.221 e. The van der Waals surface area contributed by atoms with Crippen molar-refractivity contribution in [2.75, 3.05) is 21.3 Å². The lowest BCUT2D eigenvalue weighted by molar-refractivity contribution is -0.121. The van der Waals surface area contributed by atoms with Crippen molar-refractivity contribution in [3.8, 4) is 17.2 Å². The zero-order valence-corrected chi connectivity index (χ0v) is 18.0. The smallest absolute Gasteiger partial charge is 0.221 e. The van der Waals surface area contributed by atoms with Crippen LogP contribution in [0.15, 0.2) is 48.8 Å². The third kappa shape index (κ3) is 5.14. The van der Waals surface area contributed by atoms with Gasteiger partial charge in [0.25, 0.3) is 0 Å². The van der Waals surface area contributed by atoms with Crippen LogP contribution in [-0.4, -0.2) is 36.8 Å². The van der Waals surface area contributed by atoms with Crippen LogP contribution >= 0.6 is 0 Å². The monoisotopic (exact) mass is 427 g/mol. The van der Waals surface area contributed by atoms with E-state index in [2.05, 4.69) is 10.3 Å². The number of aromatic nitrogens is 2. The van der Waals surface area contributed by atoms with Gasteiger partial charge in [0.15, 0.2) is 11.5 Å². The van der Waals surface area contributed by atoms with Crippen molar-refractivity contribution >= 4 is 5.91 Å². The van der Waals surface area contributed by atoms with Gasteiger partial charge in [-0.3, -0.25) is 4.79 Å². The van der Waals surface area contributed by atoms with Crippen LogP contribution in [-0.2, 0) is 18.3 Å². The predicted octanol–water partition coefficient (Wildman–Crippen LogP) is 3.42. The van der Waals surface area contributed by atoms with Gasteiger partial charge in [0.05, 0.1) is 21.3 Å². The molecule has 1 unspecified atom stereocenters. The summed E-state index contributed by atoms with van der Waals surface area (Å²) in [5.41, 5.74) is 1.62. The van der Waals surface area contributed by atoms with E-state index in [0.29, 0.717) is 29.5 Å². The quantitative estimate of drug-likeness (QED) is 0.566. The fourth-order valence-electron chi connectivity index (χ4n) is 3.38. The van der Waals surface area contributed by atoms with Crippen molar-refractivity contribution in [3.63, 3.8) is 0 Å². The standard InChI is InChI=1S/C23H26FN3O4/c1-27-12-11-25-23(27)21(16-6-8-17(24)9-7-16)26-20(28)10-5-15-13-18(29-2)22(31-4)19(14-15)30-3/h6-9,11-14,21H,5,10H2,1-4H3,(H,26,28). The number of amides is 1. The van der Waals surface area contributed by atoms with Gasteiger partial charge < -0.3 is 24.1 Å². The number of nitrogens with zero attached hydrogens (tertiary/aromatic N) is 2. The van der Waals surface area contributed by atoms with Crippen LogP contribution in [0.3, 0.4) is 0 Å². The number of methoxy groups -OCH3 is 3. The highest BCUT2D eigenvalue weighted by Crippen LogP contribution is 2.38. The summed E-state index contributed by atoms with van der Waals surface area (Å²) >= 11 is 0. The van der Waals surface area contributed by atoms with Crippen LogP contribution < -0.4 is 19.5 Å². The number of hydrogen-bond acceptors (Lipinski definition) is 5. The minimum Gasteiger partial charge on any atom is -0.493 e. The maximum absolute atomic E-state index is 13.4. The second-order valence-corrected chi connectivity index (χ2v) is 6.98. The summed E-state index contributed by atoms with van der Waals surface area (Å²) < 4.78 is 31.3. The van der Waals surface area contributed by atoms with Crippen LogP contribution in [0, 0.1) is 5.82 Å². The average molecular weight is 427 g/mol. The molecule has 0 aliphatic rings. The van der Waals surface area contributed by atoms with E-state index in [9.17, 15) is 9.18 Å². The van der Waals surface area contributed by atoms with Gasteiger partial charge in [0.1, 0.15) is 17.7 Å². The summed E-state index contributed by atoms with van der Waals surface area (Å²) in [5, 5.41) is 3.01.